The first-order valence-electron chi connectivity index (χ1n) is 6.07. The van der Waals surface area contributed by atoms with E-state index in [2.05, 4.69) is 29.4 Å². The first-order chi connectivity index (χ1) is 8.21. The van der Waals surface area contributed by atoms with Crippen LogP contribution in [0.2, 0.25) is 0 Å². The molecule has 1 aromatic heterocycles. The van der Waals surface area contributed by atoms with Crippen molar-refractivity contribution in [3.8, 4) is 0 Å². The second kappa shape index (κ2) is 7.17. The minimum absolute atomic E-state index is 0. The zero-order chi connectivity index (χ0) is 13.9. The molecule has 0 saturated carbocycles. The van der Waals surface area contributed by atoms with E-state index in [0.29, 0.717) is 12.5 Å². The molecule has 3 N–H and O–H groups in total. The summed E-state index contributed by atoms with van der Waals surface area (Å²) in [6.07, 6.45) is 0. The summed E-state index contributed by atoms with van der Waals surface area (Å²) in [5, 5.41) is 12.7. The van der Waals surface area contributed by atoms with Gasteiger partial charge in [-0.3, -0.25) is 4.79 Å². The van der Waals surface area contributed by atoms with E-state index in [0.717, 1.165) is 10.0 Å². The van der Waals surface area contributed by atoms with Gasteiger partial charge in [0, 0.05) is 5.92 Å². The fraction of sp³-hybridized carbons (Fsp3) is 0.750. The van der Waals surface area contributed by atoms with Crippen molar-refractivity contribution in [1.29, 1.82) is 0 Å². The monoisotopic (exact) mass is 306 g/mol. The summed E-state index contributed by atoms with van der Waals surface area (Å²) in [7, 11) is 0. The van der Waals surface area contributed by atoms with Crippen molar-refractivity contribution in [2.45, 2.75) is 53.1 Å². The van der Waals surface area contributed by atoms with Crippen LogP contribution in [-0.4, -0.2) is 22.1 Å². The van der Waals surface area contributed by atoms with Crippen LogP contribution in [0, 0.1) is 5.41 Å². The van der Waals surface area contributed by atoms with Gasteiger partial charge in [0.1, 0.15) is 10.0 Å². The Morgan fingerprint density at radius 1 is 1.37 bits per heavy atom. The van der Waals surface area contributed by atoms with Gasteiger partial charge in [-0.15, -0.1) is 22.6 Å². The summed E-state index contributed by atoms with van der Waals surface area (Å²) in [5.74, 6) is 0.215. The second-order valence-corrected chi connectivity index (χ2v) is 6.84. The van der Waals surface area contributed by atoms with Gasteiger partial charge in [-0.25, -0.2) is 0 Å². The van der Waals surface area contributed by atoms with Gasteiger partial charge in [0.25, 0.3) is 0 Å². The minimum atomic E-state index is -0.519. The van der Waals surface area contributed by atoms with E-state index in [1.54, 1.807) is 0 Å². The number of carbonyl (C=O) groups excluding carboxylic acids is 1. The van der Waals surface area contributed by atoms with Crippen molar-refractivity contribution in [3.63, 3.8) is 0 Å². The molecule has 1 aromatic rings. The molecular weight excluding hydrogens is 284 g/mol. The van der Waals surface area contributed by atoms with Crippen LogP contribution in [0.5, 0.6) is 0 Å². The van der Waals surface area contributed by atoms with Crippen molar-refractivity contribution in [1.82, 2.24) is 15.5 Å². The average Bonchev–Trinajstić information content (AvgIpc) is 2.72. The molecular formula is C12H23ClN4OS. The second-order valence-electron chi connectivity index (χ2n) is 5.75. The smallest absolute Gasteiger partial charge is 0.237 e. The van der Waals surface area contributed by atoms with E-state index in [1.165, 1.54) is 11.3 Å². The maximum absolute atomic E-state index is 11.8. The Bertz CT molecular complexity index is 414. The van der Waals surface area contributed by atoms with Gasteiger partial charge in [-0.2, -0.15) is 0 Å². The molecule has 0 spiro atoms. The van der Waals surface area contributed by atoms with Crippen LogP contribution in [0.4, 0.5) is 0 Å². The van der Waals surface area contributed by atoms with Gasteiger partial charge in [0.2, 0.25) is 5.91 Å². The first kappa shape index (κ1) is 18.3. The lowest BCUT2D eigenvalue weighted by Crippen LogP contribution is -2.48. The summed E-state index contributed by atoms with van der Waals surface area (Å²) in [6, 6.07) is -0.519. The zero-order valence-corrected chi connectivity index (χ0v) is 13.7. The number of nitrogens with one attached hydrogen (secondary N) is 1. The van der Waals surface area contributed by atoms with Crippen LogP contribution in [0.25, 0.3) is 0 Å². The average molecular weight is 307 g/mol. The largest absolute Gasteiger partial charge is 0.348 e. The van der Waals surface area contributed by atoms with E-state index in [-0.39, 0.29) is 23.7 Å². The molecule has 0 fully saturated rings. The Balaban J connectivity index is 0.00000324. The molecule has 1 amide bonds. The summed E-state index contributed by atoms with van der Waals surface area (Å²) < 4.78 is 0. The molecule has 1 rings (SSSR count). The third kappa shape index (κ3) is 5.42. The molecule has 0 radical (unpaired) electrons. The van der Waals surface area contributed by atoms with Crippen LogP contribution < -0.4 is 11.1 Å². The lowest BCUT2D eigenvalue weighted by Gasteiger charge is -2.25. The number of amides is 1. The van der Waals surface area contributed by atoms with Crippen LogP contribution in [0.1, 0.15) is 50.6 Å². The van der Waals surface area contributed by atoms with Crippen molar-refractivity contribution in [3.05, 3.63) is 10.0 Å². The van der Waals surface area contributed by atoms with Crippen LogP contribution >= 0.6 is 23.7 Å². The minimum Gasteiger partial charge on any atom is -0.348 e. The lowest BCUT2D eigenvalue weighted by atomic mass is 9.87. The van der Waals surface area contributed by atoms with Gasteiger partial charge >= 0.3 is 0 Å². The van der Waals surface area contributed by atoms with Gasteiger partial charge in [-0.1, -0.05) is 46.0 Å². The van der Waals surface area contributed by atoms with Crippen molar-refractivity contribution < 1.29 is 4.79 Å². The third-order valence-electron chi connectivity index (χ3n) is 2.61. The highest BCUT2D eigenvalue weighted by atomic mass is 35.5. The summed E-state index contributed by atoms with van der Waals surface area (Å²) in [6.45, 7) is 10.4. The highest BCUT2D eigenvalue weighted by molar-refractivity contribution is 7.11. The Morgan fingerprint density at radius 2 is 1.95 bits per heavy atom. The molecule has 1 atom stereocenters. The molecule has 7 heteroatoms. The van der Waals surface area contributed by atoms with E-state index in [1.807, 2.05) is 20.8 Å². The molecule has 0 saturated heterocycles. The number of hydrogen-bond acceptors (Lipinski definition) is 5. The molecule has 19 heavy (non-hydrogen) atoms. The van der Waals surface area contributed by atoms with E-state index in [4.69, 9.17) is 5.73 Å². The fourth-order valence-electron chi connectivity index (χ4n) is 1.24. The molecule has 1 heterocycles. The highest BCUT2D eigenvalue weighted by Crippen LogP contribution is 2.19. The Labute approximate surface area is 124 Å². The number of nitrogens with two attached hydrogens (primary N) is 1. The molecule has 5 nitrogen and oxygen atoms in total. The predicted octanol–water partition coefficient (Wildman–Crippen LogP) is 2.07. The van der Waals surface area contributed by atoms with Crippen molar-refractivity contribution in [2.24, 2.45) is 11.1 Å². The third-order valence-corrected chi connectivity index (χ3v) is 3.83. The van der Waals surface area contributed by atoms with Crippen LogP contribution in [0.15, 0.2) is 0 Å². The number of nitrogens with zero attached hydrogens (tertiary/aromatic N) is 2. The van der Waals surface area contributed by atoms with Crippen molar-refractivity contribution >= 4 is 29.7 Å². The number of carbonyl (C=O) groups is 1. The fourth-order valence-corrected chi connectivity index (χ4v) is 2.02. The standard InChI is InChI=1S/C12H22N4OS.ClH/c1-7(2)11-16-15-8(18-11)6-14-10(17)9(13)12(3,4)5;/h7,9H,6,13H2,1-5H3,(H,14,17);1H/t9-;/m1./s1. The predicted molar refractivity (Wildman–Crippen MR) is 80.5 cm³/mol. The maximum atomic E-state index is 11.8. The number of aromatic nitrogens is 2. The zero-order valence-electron chi connectivity index (χ0n) is 12.1. The topological polar surface area (TPSA) is 80.9 Å². The van der Waals surface area contributed by atoms with Gasteiger partial charge in [0.15, 0.2) is 0 Å². The first-order valence-corrected chi connectivity index (χ1v) is 6.89. The van der Waals surface area contributed by atoms with E-state index < -0.39 is 6.04 Å². The maximum Gasteiger partial charge on any atom is 0.237 e. The Kier molecular flexibility index (Phi) is 6.89. The molecule has 0 aliphatic rings. The molecule has 0 unspecified atom stereocenters. The van der Waals surface area contributed by atoms with Crippen LogP contribution in [-0.2, 0) is 11.3 Å². The van der Waals surface area contributed by atoms with Crippen molar-refractivity contribution in [2.75, 3.05) is 0 Å². The SMILES string of the molecule is CC(C)c1nnc(CNC(=O)[C@@H](N)C(C)(C)C)s1.Cl. The quantitative estimate of drug-likeness (QED) is 0.892. The lowest BCUT2D eigenvalue weighted by molar-refractivity contribution is -0.124. The van der Waals surface area contributed by atoms with Gasteiger partial charge in [-0.05, 0) is 5.41 Å². The summed E-state index contributed by atoms with van der Waals surface area (Å²) >= 11 is 1.52. The highest BCUT2D eigenvalue weighted by Gasteiger charge is 2.27. The molecule has 0 bridgehead atoms. The number of rotatable bonds is 4. The molecule has 0 aromatic carbocycles. The van der Waals surface area contributed by atoms with Crippen LogP contribution in [0.3, 0.4) is 0 Å². The molecule has 0 aliphatic heterocycles. The normalized spacial score (nSPS) is 13.0. The van der Waals surface area contributed by atoms with E-state index >= 15 is 0 Å². The van der Waals surface area contributed by atoms with Gasteiger partial charge < -0.3 is 11.1 Å². The number of halogens is 1. The molecule has 110 valence electrons. The Hall–Kier alpha value is -0.720. The Morgan fingerprint density at radius 3 is 2.37 bits per heavy atom. The van der Waals surface area contributed by atoms with Gasteiger partial charge in [0.05, 0.1) is 12.6 Å². The summed E-state index contributed by atoms with van der Waals surface area (Å²) in [4.78, 5) is 11.8. The van der Waals surface area contributed by atoms with E-state index in [9.17, 15) is 4.79 Å². The summed E-state index contributed by atoms with van der Waals surface area (Å²) in [5.41, 5.74) is 5.63. The molecule has 0 aliphatic carbocycles. The number of hydrogen-bond donors (Lipinski definition) is 2.